The minimum absolute atomic E-state index is 0.421. The summed E-state index contributed by atoms with van der Waals surface area (Å²) < 4.78 is 0. The fraction of sp³-hybridized carbons (Fsp3) is 0.412. The van der Waals surface area contributed by atoms with Crippen LogP contribution in [0.15, 0.2) is 35.3 Å². The molecule has 2 rings (SSSR count). The lowest BCUT2D eigenvalue weighted by Gasteiger charge is -2.17. The summed E-state index contributed by atoms with van der Waals surface area (Å²) in [6, 6.07) is 5.52. The molecule has 1 aliphatic rings. The van der Waals surface area contributed by atoms with Crippen LogP contribution in [0, 0.1) is 0 Å². The van der Waals surface area contributed by atoms with E-state index in [1.54, 1.807) is 13.3 Å². The van der Waals surface area contributed by atoms with Crippen LogP contribution in [0.5, 0.6) is 0 Å². The van der Waals surface area contributed by atoms with E-state index in [0.29, 0.717) is 13.0 Å². The number of amides is 2. The smallest absolute Gasteiger partial charge is 0.314 e. The number of nitrogens with zero attached hydrogens (tertiary/aromatic N) is 2. The summed E-state index contributed by atoms with van der Waals surface area (Å²) in [5.74, 6) is 0. The first-order chi connectivity index (χ1) is 10.6. The van der Waals surface area contributed by atoms with Gasteiger partial charge in [-0.3, -0.25) is 4.99 Å². The molecule has 1 atom stereocenters. The second kappa shape index (κ2) is 7.75. The Morgan fingerprint density at radius 2 is 2.27 bits per heavy atom. The molecule has 0 radical (unpaired) electrons. The molecular formula is C17H23N3O2. The van der Waals surface area contributed by atoms with Crippen molar-refractivity contribution in [2.45, 2.75) is 31.8 Å². The van der Waals surface area contributed by atoms with Gasteiger partial charge < -0.3 is 15.7 Å². The number of aliphatic hydroxyl groups excluding tert-OH is 1. The molecule has 0 aromatic heterocycles. The van der Waals surface area contributed by atoms with Gasteiger partial charge in [-0.05, 0) is 37.3 Å². The molecule has 0 spiro atoms. The zero-order valence-corrected chi connectivity index (χ0v) is 12.9. The molecule has 0 saturated heterocycles. The van der Waals surface area contributed by atoms with Crippen LogP contribution in [0.4, 0.5) is 10.5 Å². The Kier molecular flexibility index (Phi) is 5.72. The van der Waals surface area contributed by atoms with Crippen molar-refractivity contribution >= 4 is 17.9 Å². The Hall–Kier alpha value is -2.14. The molecule has 0 fully saturated rings. The van der Waals surface area contributed by atoms with Gasteiger partial charge in [0.25, 0.3) is 0 Å². The molecule has 3 N–H and O–H groups in total. The van der Waals surface area contributed by atoms with Gasteiger partial charge in [0.2, 0.25) is 0 Å². The van der Waals surface area contributed by atoms with Crippen LogP contribution < -0.4 is 5.73 Å². The fourth-order valence-corrected chi connectivity index (χ4v) is 2.53. The number of primary amides is 1. The first kappa shape index (κ1) is 16.2. The van der Waals surface area contributed by atoms with Crippen LogP contribution in [0.25, 0.3) is 0 Å². The molecule has 1 aliphatic heterocycles. The lowest BCUT2D eigenvalue weighted by atomic mass is 9.98. The van der Waals surface area contributed by atoms with E-state index in [1.807, 2.05) is 24.3 Å². The summed E-state index contributed by atoms with van der Waals surface area (Å²) in [6.07, 6.45) is 8.33. The first-order valence-corrected chi connectivity index (χ1v) is 7.59. The van der Waals surface area contributed by atoms with Gasteiger partial charge >= 0.3 is 6.03 Å². The minimum atomic E-state index is -0.538. The van der Waals surface area contributed by atoms with Gasteiger partial charge in [0, 0.05) is 25.4 Å². The summed E-state index contributed by atoms with van der Waals surface area (Å²) in [6.45, 7) is 0.608. The number of fused-ring (bicyclic) bond motifs is 1. The van der Waals surface area contributed by atoms with E-state index in [-0.39, 0.29) is 0 Å². The highest BCUT2D eigenvalue weighted by Gasteiger charge is 2.15. The van der Waals surface area contributed by atoms with Crippen LogP contribution >= 0.6 is 0 Å². The number of carbonyl (C=O) groups is 1. The molecule has 1 aromatic rings. The van der Waals surface area contributed by atoms with Crippen molar-refractivity contribution in [1.29, 1.82) is 0 Å². The number of aliphatic hydroxyl groups is 1. The predicted octanol–water partition coefficient (Wildman–Crippen LogP) is 2.72. The molecule has 0 saturated carbocycles. The molecule has 118 valence electrons. The highest BCUT2D eigenvalue weighted by molar-refractivity contribution is 5.77. The molecule has 1 aromatic carbocycles. The number of nitrogens with two attached hydrogens (primary N) is 1. The highest BCUT2D eigenvalue weighted by Crippen LogP contribution is 2.33. The SMILES string of the molecule is CN(CCCCC(O)c1cccc2c1N=CC=CC2)C(N)=O. The van der Waals surface area contributed by atoms with Gasteiger partial charge in [0.1, 0.15) is 0 Å². The maximum atomic E-state index is 10.9. The van der Waals surface area contributed by atoms with Crippen molar-refractivity contribution in [1.82, 2.24) is 4.90 Å². The van der Waals surface area contributed by atoms with Crippen molar-refractivity contribution < 1.29 is 9.90 Å². The van der Waals surface area contributed by atoms with E-state index in [9.17, 15) is 9.90 Å². The van der Waals surface area contributed by atoms with E-state index in [4.69, 9.17) is 5.73 Å². The third-order valence-corrected chi connectivity index (χ3v) is 3.87. The van der Waals surface area contributed by atoms with Crippen LogP contribution in [0.2, 0.25) is 0 Å². The topological polar surface area (TPSA) is 78.9 Å². The van der Waals surface area contributed by atoms with Crippen LogP contribution in [0.3, 0.4) is 0 Å². The molecule has 0 bridgehead atoms. The highest BCUT2D eigenvalue weighted by atomic mass is 16.3. The fourth-order valence-electron chi connectivity index (χ4n) is 2.53. The second-order valence-electron chi connectivity index (χ2n) is 5.54. The minimum Gasteiger partial charge on any atom is -0.388 e. The molecular weight excluding hydrogens is 278 g/mol. The third-order valence-electron chi connectivity index (χ3n) is 3.87. The van der Waals surface area contributed by atoms with Crippen LogP contribution in [-0.2, 0) is 6.42 Å². The summed E-state index contributed by atoms with van der Waals surface area (Å²) >= 11 is 0. The number of urea groups is 1. The van der Waals surface area contributed by atoms with E-state index in [0.717, 1.165) is 36.1 Å². The van der Waals surface area contributed by atoms with E-state index >= 15 is 0 Å². The molecule has 0 aliphatic carbocycles. The monoisotopic (exact) mass is 301 g/mol. The zero-order valence-electron chi connectivity index (χ0n) is 12.9. The quantitative estimate of drug-likeness (QED) is 0.792. The molecule has 1 heterocycles. The standard InChI is InChI=1S/C17H23N3O2/c1-20(17(18)22)12-5-3-10-15(21)14-9-6-8-13-7-2-4-11-19-16(13)14/h2,4,6,8-9,11,15,21H,3,5,7,10,12H2,1H3,(H2,18,22). The van der Waals surface area contributed by atoms with E-state index in [1.165, 1.54) is 4.90 Å². The Labute approximate surface area is 131 Å². The Balaban J connectivity index is 1.93. The first-order valence-electron chi connectivity index (χ1n) is 7.59. The van der Waals surface area contributed by atoms with E-state index in [2.05, 4.69) is 11.1 Å². The van der Waals surface area contributed by atoms with Crippen molar-refractivity contribution in [3.8, 4) is 0 Å². The Bertz CT molecular complexity index is 581. The van der Waals surface area contributed by atoms with Crippen molar-refractivity contribution in [3.05, 3.63) is 41.5 Å². The van der Waals surface area contributed by atoms with Gasteiger partial charge in [0.15, 0.2) is 0 Å². The van der Waals surface area contributed by atoms with Crippen molar-refractivity contribution in [2.75, 3.05) is 13.6 Å². The van der Waals surface area contributed by atoms with Gasteiger partial charge in [-0.15, -0.1) is 0 Å². The lowest BCUT2D eigenvalue weighted by molar-refractivity contribution is 0.162. The summed E-state index contributed by atoms with van der Waals surface area (Å²) in [5.41, 5.74) is 8.07. The third kappa shape index (κ3) is 4.18. The molecule has 5 heteroatoms. The lowest BCUT2D eigenvalue weighted by Crippen LogP contribution is -2.32. The summed E-state index contributed by atoms with van der Waals surface area (Å²) in [7, 11) is 1.68. The maximum Gasteiger partial charge on any atom is 0.314 e. The number of hydrogen-bond donors (Lipinski definition) is 2. The number of benzene rings is 1. The molecule has 1 unspecified atom stereocenters. The molecule has 5 nitrogen and oxygen atoms in total. The number of rotatable bonds is 6. The average Bonchev–Trinajstić information content (AvgIpc) is 2.75. The van der Waals surface area contributed by atoms with Crippen LogP contribution in [-0.4, -0.2) is 35.8 Å². The van der Waals surface area contributed by atoms with Gasteiger partial charge in [-0.2, -0.15) is 0 Å². The maximum absolute atomic E-state index is 10.9. The zero-order chi connectivity index (χ0) is 15.9. The van der Waals surface area contributed by atoms with Gasteiger partial charge in [-0.25, -0.2) is 4.79 Å². The summed E-state index contributed by atoms with van der Waals surface area (Å²) in [5, 5.41) is 10.4. The molecule has 22 heavy (non-hydrogen) atoms. The largest absolute Gasteiger partial charge is 0.388 e. The average molecular weight is 301 g/mol. The molecule has 2 amide bonds. The number of para-hydroxylation sites is 1. The second-order valence-corrected chi connectivity index (χ2v) is 5.54. The number of carbonyl (C=O) groups excluding carboxylic acids is 1. The number of allylic oxidation sites excluding steroid dienone is 2. The number of aliphatic imine (C=N–C) groups is 1. The predicted molar refractivity (Wildman–Crippen MR) is 88.5 cm³/mol. The van der Waals surface area contributed by atoms with Gasteiger partial charge in [0.05, 0.1) is 11.8 Å². The van der Waals surface area contributed by atoms with E-state index < -0.39 is 12.1 Å². The Morgan fingerprint density at radius 1 is 1.45 bits per heavy atom. The summed E-state index contributed by atoms with van der Waals surface area (Å²) in [4.78, 5) is 16.8. The van der Waals surface area contributed by atoms with Crippen LogP contribution in [0.1, 0.15) is 36.5 Å². The Morgan fingerprint density at radius 3 is 3.05 bits per heavy atom. The normalized spacial score (nSPS) is 14.3. The number of unbranched alkanes of at least 4 members (excludes halogenated alkanes) is 1. The number of hydrogen-bond acceptors (Lipinski definition) is 3. The van der Waals surface area contributed by atoms with Crippen molar-refractivity contribution in [3.63, 3.8) is 0 Å². The van der Waals surface area contributed by atoms with Gasteiger partial charge in [-0.1, -0.05) is 24.3 Å². The van der Waals surface area contributed by atoms with Crippen molar-refractivity contribution in [2.24, 2.45) is 10.7 Å².